The summed E-state index contributed by atoms with van der Waals surface area (Å²) in [6, 6.07) is 55.3. The molecule has 0 radical (unpaired) electrons. The number of thiophene rings is 1. The number of hydrogen-bond acceptors (Lipinski definition) is 2. The molecule has 0 unspecified atom stereocenters. The maximum Gasteiger partial charge on any atom is 0.0546 e. The molecule has 0 N–H and O–H groups in total. The lowest BCUT2D eigenvalue weighted by molar-refractivity contribution is 0.443. The van der Waals surface area contributed by atoms with Gasteiger partial charge in [-0.05, 0) is 111 Å². The van der Waals surface area contributed by atoms with E-state index in [1.54, 1.807) is 0 Å². The standard InChI is InChI=1S/C49H41NS/c1-49(2)44-18-10-8-16-39(44)43-31-38(25-27-45(43)49)50(37-23-20-33(21-24-37)32-12-4-3-5-13-32)46-29-35-15-7-6-14-34(35)28-42(46)36-22-26-41-40-17-9-11-19-47(40)51-48(41)30-36/h6-11,14-32H,3-5,12-13H2,1-2H3. The highest BCUT2D eigenvalue weighted by molar-refractivity contribution is 7.25. The van der Waals surface area contributed by atoms with Crippen LogP contribution < -0.4 is 4.90 Å². The van der Waals surface area contributed by atoms with Crippen LogP contribution in [0.1, 0.15) is 68.6 Å². The van der Waals surface area contributed by atoms with Crippen LogP contribution in [0, 0.1) is 0 Å². The first kappa shape index (κ1) is 30.6. The minimum Gasteiger partial charge on any atom is -0.310 e. The van der Waals surface area contributed by atoms with Gasteiger partial charge in [0.15, 0.2) is 0 Å². The van der Waals surface area contributed by atoms with E-state index >= 15 is 0 Å². The van der Waals surface area contributed by atoms with Crippen molar-refractivity contribution in [3.05, 3.63) is 162 Å². The smallest absolute Gasteiger partial charge is 0.0546 e. The molecule has 1 heterocycles. The first-order valence-corrected chi connectivity index (χ1v) is 19.4. The SMILES string of the molecule is CC1(C)c2ccccc2-c2cc(N(c3ccc(C4CCCCC4)cc3)c3cc4ccccc4cc3-c3ccc4c(c3)sc3ccccc34)ccc21. The van der Waals surface area contributed by atoms with Crippen LogP contribution in [0.3, 0.4) is 0 Å². The van der Waals surface area contributed by atoms with E-state index in [0.717, 1.165) is 0 Å². The Labute approximate surface area is 304 Å². The topological polar surface area (TPSA) is 3.24 Å². The fourth-order valence-corrected chi connectivity index (χ4v) is 10.3. The Hall–Kier alpha value is -5.18. The van der Waals surface area contributed by atoms with Crippen molar-refractivity contribution in [2.45, 2.75) is 57.3 Å². The summed E-state index contributed by atoms with van der Waals surface area (Å²) in [6.45, 7) is 4.73. The summed E-state index contributed by atoms with van der Waals surface area (Å²) in [6.07, 6.45) is 6.67. The van der Waals surface area contributed by atoms with Crippen molar-refractivity contribution >= 4 is 59.3 Å². The van der Waals surface area contributed by atoms with Crippen LogP contribution >= 0.6 is 11.3 Å². The average Bonchev–Trinajstić information content (AvgIpc) is 3.66. The fourth-order valence-electron chi connectivity index (χ4n) is 9.14. The van der Waals surface area contributed by atoms with Gasteiger partial charge in [-0.2, -0.15) is 0 Å². The molecular weight excluding hydrogens is 635 g/mol. The van der Waals surface area contributed by atoms with Crippen molar-refractivity contribution < 1.29 is 0 Å². The van der Waals surface area contributed by atoms with E-state index in [9.17, 15) is 0 Å². The van der Waals surface area contributed by atoms with Gasteiger partial charge in [0.1, 0.15) is 0 Å². The number of fused-ring (bicyclic) bond motifs is 7. The second-order valence-electron chi connectivity index (χ2n) is 15.2. The van der Waals surface area contributed by atoms with E-state index < -0.39 is 0 Å². The molecule has 248 valence electrons. The number of rotatable bonds is 5. The maximum atomic E-state index is 2.52. The number of benzene rings is 7. The molecule has 1 nitrogen and oxygen atoms in total. The second-order valence-corrected chi connectivity index (χ2v) is 16.3. The number of hydrogen-bond donors (Lipinski definition) is 0. The Morgan fingerprint density at radius 2 is 1.22 bits per heavy atom. The van der Waals surface area contributed by atoms with Crippen LogP contribution in [0.25, 0.3) is 53.2 Å². The van der Waals surface area contributed by atoms with Gasteiger partial charge in [-0.1, -0.05) is 130 Å². The summed E-state index contributed by atoms with van der Waals surface area (Å²) in [5.41, 5.74) is 13.0. The van der Waals surface area contributed by atoms with Crippen molar-refractivity contribution in [3.8, 4) is 22.3 Å². The van der Waals surface area contributed by atoms with Crippen molar-refractivity contribution in [1.82, 2.24) is 0 Å². The Morgan fingerprint density at radius 1 is 0.529 bits per heavy atom. The van der Waals surface area contributed by atoms with Crippen molar-refractivity contribution in [3.63, 3.8) is 0 Å². The van der Waals surface area contributed by atoms with E-state index in [0.29, 0.717) is 5.92 Å². The average molecular weight is 676 g/mol. The molecule has 0 spiro atoms. The third-order valence-electron chi connectivity index (χ3n) is 11.8. The fraction of sp³-hybridized carbons (Fsp3) is 0.184. The van der Waals surface area contributed by atoms with Crippen LogP contribution in [0.5, 0.6) is 0 Å². The van der Waals surface area contributed by atoms with Crippen molar-refractivity contribution in [2.75, 3.05) is 4.90 Å². The van der Waals surface area contributed by atoms with E-state index in [4.69, 9.17) is 0 Å². The van der Waals surface area contributed by atoms with Crippen LogP contribution in [-0.2, 0) is 5.41 Å². The molecule has 8 aromatic rings. The minimum atomic E-state index is -0.0370. The predicted molar refractivity (Wildman–Crippen MR) is 220 cm³/mol. The Morgan fingerprint density at radius 3 is 2.06 bits per heavy atom. The first-order valence-electron chi connectivity index (χ1n) is 18.6. The second kappa shape index (κ2) is 12.0. The molecule has 1 saturated carbocycles. The van der Waals surface area contributed by atoms with Crippen LogP contribution in [0.4, 0.5) is 17.1 Å². The molecule has 2 aliphatic carbocycles. The zero-order chi connectivity index (χ0) is 34.1. The Bertz CT molecular complexity index is 2600. The largest absolute Gasteiger partial charge is 0.310 e. The lowest BCUT2D eigenvalue weighted by atomic mass is 9.82. The van der Waals surface area contributed by atoms with Gasteiger partial charge >= 0.3 is 0 Å². The van der Waals surface area contributed by atoms with Crippen molar-refractivity contribution in [2.24, 2.45) is 0 Å². The van der Waals surface area contributed by atoms with Crippen molar-refractivity contribution in [1.29, 1.82) is 0 Å². The predicted octanol–water partition coefficient (Wildman–Crippen LogP) is 14.7. The monoisotopic (exact) mass is 675 g/mol. The van der Waals surface area contributed by atoms with Gasteiger partial charge in [0.25, 0.3) is 0 Å². The third-order valence-corrected chi connectivity index (χ3v) is 13.0. The quantitative estimate of drug-likeness (QED) is 0.175. The minimum absolute atomic E-state index is 0.0370. The van der Waals surface area contributed by atoms with E-state index in [1.807, 2.05) is 11.3 Å². The molecule has 0 bridgehead atoms. The molecule has 1 aromatic heterocycles. The van der Waals surface area contributed by atoms with Gasteiger partial charge in [-0.25, -0.2) is 0 Å². The molecule has 0 aliphatic heterocycles. The summed E-state index contributed by atoms with van der Waals surface area (Å²) < 4.78 is 2.66. The van der Waals surface area contributed by atoms with Crippen LogP contribution in [0.15, 0.2) is 146 Å². The van der Waals surface area contributed by atoms with Gasteiger partial charge in [-0.15, -0.1) is 11.3 Å². The molecule has 2 aliphatic rings. The Kier molecular flexibility index (Phi) is 7.18. The van der Waals surface area contributed by atoms with Gasteiger partial charge < -0.3 is 4.90 Å². The first-order chi connectivity index (χ1) is 25.0. The van der Waals surface area contributed by atoms with Gasteiger partial charge in [0.05, 0.1) is 5.69 Å². The van der Waals surface area contributed by atoms with Gasteiger partial charge in [0, 0.05) is 42.5 Å². The highest BCUT2D eigenvalue weighted by Crippen LogP contribution is 2.52. The third kappa shape index (κ3) is 5.03. The molecule has 1 fully saturated rings. The molecule has 10 rings (SSSR count). The molecule has 2 heteroatoms. The molecular formula is C49H41NS. The summed E-state index contributed by atoms with van der Waals surface area (Å²) in [7, 11) is 0. The Balaban J connectivity index is 1.20. The summed E-state index contributed by atoms with van der Waals surface area (Å²) in [5, 5.41) is 5.17. The zero-order valence-electron chi connectivity index (χ0n) is 29.3. The molecule has 51 heavy (non-hydrogen) atoms. The zero-order valence-corrected chi connectivity index (χ0v) is 30.1. The van der Waals surface area contributed by atoms with Gasteiger partial charge in [0.2, 0.25) is 0 Å². The van der Waals surface area contributed by atoms with E-state index in [1.165, 1.54) is 119 Å². The van der Waals surface area contributed by atoms with Crippen LogP contribution in [0.2, 0.25) is 0 Å². The van der Waals surface area contributed by atoms with Gasteiger partial charge in [-0.3, -0.25) is 0 Å². The van der Waals surface area contributed by atoms with E-state index in [-0.39, 0.29) is 5.41 Å². The highest BCUT2D eigenvalue weighted by Gasteiger charge is 2.35. The van der Waals surface area contributed by atoms with Crippen LogP contribution in [-0.4, -0.2) is 0 Å². The summed E-state index contributed by atoms with van der Waals surface area (Å²) >= 11 is 1.89. The molecule has 7 aromatic carbocycles. The summed E-state index contributed by atoms with van der Waals surface area (Å²) in [5.74, 6) is 0.671. The van der Waals surface area contributed by atoms with E-state index in [2.05, 4.69) is 164 Å². The normalized spacial score (nSPS) is 15.3. The lowest BCUT2D eigenvalue weighted by Gasteiger charge is -2.30. The molecule has 0 saturated heterocycles. The number of anilines is 3. The summed E-state index contributed by atoms with van der Waals surface area (Å²) in [4.78, 5) is 2.52. The number of nitrogens with zero attached hydrogens (tertiary/aromatic N) is 1. The maximum absolute atomic E-state index is 2.52. The lowest BCUT2D eigenvalue weighted by Crippen LogP contribution is -2.15. The highest BCUT2D eigenvalue weighted by atomic mass is 32.1. The molecule has 0 atom stereocenters. The molecule has 0 amide bonds.